The quantitative estimate of drug-likeness (QED) is 0.626. The zero-order valence-corrected chi connectivity index (χ0v) is 10.8. The fraction of sp³-hybridized carbons (Fsp3) is 0.0769. The van der Waals surface area contributed by atoms with E-state index in [1.807, 2.05) is 0 Å². The molecule has 0 atom stereocenters. The molecular weight excluding hydrogens is 270 g/mol. The molecule has 2 aromatic rings. The normalized spacial score (nSPS) is 10.0. The van der Waals surface area contributed by atoms with E-state index in [-0.39, 0.29) is 11.4 Å². The van der Waals surface area contributed by atoms with Crippen LogP contribution in [0.3, 0.4) is 0 Å². The van der Waals surface area contributed by atoms with E-state index in [2.05, 4.69) is 0 Å². The Labute approximate surface area is 114 Å². The zero-order valence-electron chi connectivity index (χ0n) is 10.00. The summed E-state index contributed by atoms with van der Waals surface area (Å²) in [7, 11) is 1.52. The molecule has 0 saturated carbocycles. The summed E-state index contributed by atoms with van der Waals surface area (Å²) in [5.41, 5.74) is -0.116. The van der Waals surface area contributed by atoms with Crippen LogP contribution in [0.5, 0.6) is 17.2 Å². The molecule has 0 aliphatic rings. The van der Waals surface area contributed by atoms with Crippen molar-refractivity contribution in [3.63, 3.8) is 0 Å². The summed E-state index contributed by atoms with van der Waals surface area (Å²) in [5.74, 6) is 1.05. The number of rotatable bonds is 4. The van der Waals surface area contributed by atoms with Crippen molar-refractivity contribution < 1.29 is 14.4 Å². The molecule has 0 bridgehead atoms. The molecule has 98 valence electrons. The number of para-hydroxylation sites is 2. The van der Waals surface area contributed by atoms with Gasteiger partial charge in [-0.3, -0.25) is 10.1 Å². The van der Waals surface area contributed by atoms with Crippen LogP contribution in [0.25, 0.3) is 0 Å². The molecule has 0 saturated heterocycles. The van der Waals surface area contributed by atoms with Gasteiger partial charge >= 0.3 is 5.69 Å². The van der Waals surface area contributed by atoms with Gasteiger partial charge in [0.2, 0.25) is 5.75 Å². The molecule has 0 spiro atoms. The van der Waals surface area contributed by atoms with Crippen molar-refractivity contribution in [1.29, 1.82) is 0 Å². The molecule has 0 N–H and O–H groups in total. The Morgan fingerprint density at radius 2 is 1.89 bits per heavy atom. The molecule has 0 amide bonds. The maximum atomic E-state index is 10.9. The molecule has 0 unspecified atom stereocenters. The van der Waals surface area contributed by atoms with Gasteiger partial charge in [-0.25, -0.2) is 0 Å². The van der Waals surface area contributed by atoms with Gasteiger partial charge in [-0.05, 0) is 18.2 Å². The highest BCUT2D eigenvalue weighted by molar-refractivity contribution is 6.32. The highest BCUT2D eigenvalue weighted by Crippen LogP contribution is 2.36. The fourth-order valence-corrected chi connectivity index (χ4v) is 1.71. The Balaban J connectivity index is 2.34. The molecule has 0 aromatic heterocycles. The van der Waals surface area contributed by atoms with E-state index in [4.69, 9.17) is 21.1 Å². The predicted molar refractivity (Wildman–Crippen MR) is 71.2 cm³/mol. The Morgan fingerprint density at radius 1 is 1.16 bits per heavy atom. The van der Waals surface area contributed by atoms with E-state index >= 15 is 0 Å². The second-order valence-electron chi connectivity index (χ2n) is 3.62. The first-order valence-electron chi connectivity index (χ1n) is 5.36. The van der Waals surface area contributed by atoms with Gasteiger partial charge in [-0.2, -0.15) is 0 Å². The summed E-state index contributed by atoms with van der Waals surface area (Å²) in [6.07, 6.45) is 0. The molecule has 0 radical (unpaired) electrons. The second-order valence-corrected chi connectivity index (χ2v) is 4.03. The maximum absolute atomic E-state index is 10.9. The van der Waals surface area contributed by atoms with Crippen molar-refractivity contribution in [3.8, 4) is 17.2 Å². The zero-order chi connectivity index (χ0) is 13.8. The second kappa shape index (κ2) is 5.58. The number of methoxy groups -OCH3 is 1. The molecule has 0 aliphatic carbocycles. The van der Waals surface area contributed by atoms with Crippen LogP contribution in [0, 0.1) is 10.1 Å². The lowest BCUT2D eigenvalue weighted by Crippen LogP contribution is -1.93. The minimum Gasteiger partial charge on any atom is -0.497 e. The first-order valence-corrected chi connectivity index (χ1v) is 5.74. The van der Waals surface area contributed by atoms with Crippen LogP contribution in [-0.2, 0) is 0 Å². The molecule has 6 heteroatoms. The Kier molecular flexibility index (Phi) is 3.87. The largest absolute Gasteiger partial charge is 0.497 e. The van der Waals surface area contributed by atoms with Crippen molar-refractivity contribution >= 4 is 17.3 Å². The van der Waals surface area contributed by atoms with Crippen LogP contribution >= 0.6 is 11.6 Å². The monoisotopic (exact) mass is 279 g/mol. The molecule has 0 aliphatic heterocycles. The molecule has 0 fully saturated rings. The summed E-state index contributed by atoms with van der Waals surface area (Å²) < 4.78 is 10.5. The topological polar surface area (TPSA) is 61.6 Å². The average molecular weight is 280 g/mol. The van der Waals surface area contributed by atoms with Crippen LogP contribution in [0.2, 0.25) is 5.02 Å². The number of nitro groups is 1. The van der Waals surface area contributed by atoms with Gasteiger partial charge < -0.3 is 9.47 Å². The SMILES string of the molecule is COc1ccc(Oc2ccccc2[N+](=O)[O-])c(Cl)c1. The molecule has 0 heterocycles. The van der Waals surface area contributed by atoms with Crippen LogP contribution in [0.1, 0.15) is 0 Å². The Morgan fingerprint density at radius 3 is 2.53 bits per heavy atom. The van der Waals surface area contributed by atoms with E-state index < -0.39 is 4.92 Å². The number of nitrogens with zero attached hydrogens (tertiary/aromatic N) is 1. The summed E-state index contributed by atoms with van der Waals surface area (Å²) in [4.78, 5) is 10.4. The molecule has 19 heavy (non-hydrogen) atoms. The van der Waals surface area contributed by atoms with Crippen LogP contribution in [0.15, 0.2) is 42.5 Å². The van der Waals surface area contributed by atoms with Crippen molar-refractivity contribution in [2.45, 2.75) is 0 Å². The van der Waals surface area contributed by atoms with Gasteiger partial charge in [0.15, 0.2) is 0 Å². The van der Waals surface area contributed by atoms with Crippen molar-refractivity contribution in [2.24, 2.45) is 0 Å². The number of ether oxygens (including phenoxy) is 2. The lowest BCUT2D eigenvalue weighted by atomic mass is 10.3. The van der Waals surface area contributed by atoms with Crippen LogP contribution in [0.4, 0.5) is 5.69 Å². The lowest BCUT2D eigenvalue weighted by Gasteiger charge is -2.08. The van der Waals surface area contributed by atoms with Gasteiger partial charge in [-0.15, -0.1) is 0 Å². The van der Waals surface area contributed by atoms with Crippen LogP contribution in [-0.4, -0.2) is 12.0 Å². The van der Waals surface area contributed by atoms with Gasteiger partial charge in [0.05, 0.1) is 17.1 Å². The fourth-order valence-electron chi connectivity index (χ4n) is 1.50. The van der Waals surface area contributed by atoms with Crippen molar-refractivity contribution in [3.05, 3.63) is 57.6 Å². The van der Waals surface area contributed by atoms with Gasteiger partial charge in [-0.1, -0.05) is 23.7 Å². The first kappa shape index (κ1) is 13.2. The van der Waals surface area contributed by atoms with Gasteiger partial charge in [0.1, 0.15) is 11.5 Å². The van der Waals surface area contributed by atoms with Gasteiger partial charge in [0, 0.05) is 12.1 Å². The van der Waals surface area contributed by atoms with E-state index in [1.165, 1.54) is 19.2 Å². The third-order valence-electron chi connectivity index (χ3n) is 2.42. The maximum Gasteiger partial charge on any atom is 0.311 e. The number of hydrogen-bond acceptors (Lipinski definition) is 4. The summed E-state index contributed by atoms with van der Waals surface area (Å²) >= 11 is 6.02. The summed E-state index contributed by atoms with van der Waals surface area (Å²) in [6.45, 7) is 0. The number of halogens is 1. The third kappa shape index (κ3) is 2.95. The third-order valence-corrected chi connectivity index (χ3v) is 2.72. The van der Waals surface area contributed by atoms with Crippen molar-refractivity contribution in [1.82, 2.24) is 0 Å². The average Bonchev–Trinajstić information content (AvgIpc) is 2.41. The summed E-state index contributed by atoms with van der Waals surface area (Å²) in [6, 6.07) is 10.9. The summed E-state index contributed by atoms with van der Waals surface area (Å²) in [5, 5.41) is 11.2. The molecule has 2 rings (SSSR count). The molecule has 2 aromatic carbocycles. The van der Waals surface area contributed by atoms with E-state index in [0.717, 1.165) is 0 Å². The first-order chi connectivity index (χ1) is 9.11. The number of benzene rings is 2. The van der Waals surface area contributed by atoms with Gasteiger partial charge in [0.25, 0.3) is 0 Å². The minimum absolute atomic E-state index is 0.116. The standard InChI is InChI=1S/C13H10ClNO4/c1-18-9-6-7-12(10(14)8-9)19-13-5-3-2-4-11(13)15(16)17/h2-8H,1H3. The molecular formula is C13H10ClNO4. The van der Waals surface area contributed by atoms with E-state index in [0.29, 0.717) is 16.5 Å². The van der Waals surface area contributed by atoms with E-state index in [9.17, 15) is 10.1 Å². The lowest BCUT2D eigenvalue weighted by molar-refractivity contribution is -0.385. The highest BCUT2D eigenvalue weighted by Gasteiger charge is 2.15. The predicted octanol–water partition coefficient (Wildman–Crippen LogP) is 4.05. The number of hydrogen-bond donors (Lipinski definition) is 0. The molecule has 5 nitrogen and oxygen atoms in total. The smallest absolute Gasteiger partial charge is 0.311 e. The van der Waals surface area contributed by atoms with Crippen LogP contribution < -0.4 is 9.47 Å². The number of nitro benzene ring substituents is 1. The van der Waals surface area contributed by atoms with E-state index in [1.54, 1.807) is 30.3 Å². The highest BCUT2D eigenvalue weighted by atomic mass is 35.5. The minimum atomic E-state index is -0.507. The Bertz CT molecular complexity index is 615. The van der Waals surface area contributed by atoms with Crippen molar-refractivity contribution in [2.75, 3.05) is 7.11 Å². The Hall–Kier alpha value is -2.27.